The Morgan fingerprint density at radius 3 is 3.00 bits per heavy atom. The number of hydrogen-bond acceptors (Lipinski definition) is 8. The van der Waals surface area contributed by atoms with Gasteiger partial charge in [-0.25, -0.2) is 9.97 Å². The summed E-state index contributed by atoms with van der Waals surface area (Å²) >= 11 is 0. The number of piperidine rings is 1. The van der Waals surface area contributed by atoms with Crippen LogP contribution in [-0.2, 0) is 0 Å². The first-order valence-electron chi connectivity index (χ1n) is 9.29. The molecule has 144 valence electrons. The molecule has 0 unspecified atom stereocenters. The van der Waals surface area contributed by atoms with E-state index in [9.17, 15) is 4.79 Å². The lowest BCUT2D eigenvalue weighted by Gasteiger charge is -2.24. The molecule has 0 amide bonds. The third-order valence-electron chi connectivity index (χ3n) is 4.91. The minimum absolute atomic E-state index is 0.207. The minimum Gasteiger partial charge on any atom is -0.454 e. The van der Waals surface area contributed by atoms with Gasteiger partial charge in [0.05, 0.1) is 11.8 Å². The average molecular weight is 380 g/mol. The molecule has 4 N–H and O–H groups in total. The highest BCUT2D eigenvalue weighted by Gasteiger charge is 2.18. The normalized spacial score (nSPS) is 18.2. The lowest BCUT2D eigenvalue weighted by atomic mass is 10.1. The summed E-state index contributed by atoms with van der Waals surface area (Å²) < 4.78 is 10.8. The Morgan fingerprint density at radius 2 is 2.11 bits per heavy atom. The summed E-state index contributed by atoms with van der Waals surface area (Å²) in [6.07, 6.45) is 3.59. The molecule has 0 spiro atoms. The van der Waals surface area contributed by atoms with Crippen molar-refractivity contribution >= 4 is 28.2 Å². The van der Waals surface area contributed by atoms with E-state index in [0.29, 0.717) is 40.1 Å². The van der Waals surface area contributed by atoms with Gasteiger partial charge in [-0.15, -0.1) is 0 Å². The zero-order valence-electron chi connectivity index (χ0n) is 15.1. The van der Waals surface area contributed by atoms with E-state index in [-0.39, 0.29) is 12.4 Å². The Bertz CT molecular complexity index is 1080. The summed E-state index contributed by atoms with van der Waals surface area (Å²) in [6.45, 7) is 2.13. The van der Waals surface area contributed by atoms with Gasteiger partial charge in [0.2, 0.25) is 6.79 Å². The first-order valence-corrected chi connectivity index (χ1v) is 9.29. The van der Waals surface area contributed by atoms with Gasteiger partial charge in [-0.05, 0) is 31.5 Å². The van der Waals surface area contributed by atoms with E-state index >= 15 is 0 Å². The fourth-order valence-electron chi connectivity index (χ4n) is 3.55. The quantitative estimate of drug-likeness (QED) is 0.543. The van der Waals surface area contributed by atoms with Crippen LogP contribution in [0.1, 0.15) is 12.8 Å². The number of H-pyrrole nitrogens is 1. The Balaban J connectivity index is 1.52. The number of aromatic amines is 1. The van der Waals surface area contributed by atoms with E-state index in [1.165, 1.54) is 6.33 Å². The van der Waals surface area contributed by atoms with Crippen LogP contribution in [-0.4, -0.2) is 40.9 Å². The van der Waals surface area contributed by atoms with E-state index in [4.69, 9.17) is 9.47 Å². The first-order chi connectivity index (χ1) is 13.8. The van der Waals surface area contributed by atoms with Crippen LogP contribution >= 0.6 is 0 Å². The number of anilines is 3. The highest BCUT2D eigenvalue weighted by Crippen LogP contribution is 2.35. The lowest BCUT2D eigenvalue weighted by molar-refractivity contribution is 0.174. The molecule has 9 heteroatoms. The summed E-state index contributed by atoms with van der Waals surface area (Å²) in [5.41, 5.74) is 1.08. The fourth-order valence-corrected chi connectivity index (χ4v) is 3.55. The van der Waals surface area contributed by atoms with Crippen LogP contribution in [0.4, 0.5) is 17.3 Å². The molecule has 9 nitrogen and oxygen atoms in total. The Kier molecular flexibility index (Phi) is 4.21. The monoisotopic (exact) mass is 380 g/mol. The molecule has 1 fully saturated rings. The molecule has 4 heterocycles. The molecule has 2 aromatic heterocycles. The molecule has 5 rings (SSSR count). The molecule has 1 aromatic carbocycles. The highest BCUT2D eigenvalue weighted by atomic mass is 16.7. The molecule has 0 radical (unpaired) electrons. The number of ether oxygens (including phenoxy) is 2. The number of nitrogens with zero attached hydrogens (tertiary/aromatic N) is 2. The van der Waals surface area contributed by atoms with E-state index in [0.717, 1.165) is 31.6 Å². The number of aromatic nitrogens is 3. The second-order valence-corrected chi connectivity index (χ2v) is 6.86. The lowest BCUT2D eigenvalue weighted by Crippen LogP contribution is -2.38. The number of hydrogen-bond donors (Lipinski definition) is 4. The van der Waals surface area contributed by atoms with Crippen LogP contribution in [0.3, 0.4) is 0 Å². The molecule has 28 heavy (non-hydrogen) atoms. The maximum Gasteiger partial charge on any atom is 0.262 e. The molecular formula is C19H20N6O3. The van der Waals surface area contributed by atoms with Crippen LogP contribution in [0, 0.1) is 0 Å². The van der Waals surface area contributed by atoms with Gasteiger partial charge in [-0.2, -0.15) is 0 Å². The number of benzene rings is 1. The smallest absolute Gasteiger partial charge is 0.262 e. The molecule has 2 aliphatic rings. The summed E-state index contributed by atoms with van der Waals surface area (Å²) in [7, 11) is 0. The predicted molar refractivity (Wildman–Crippen MR) is 106 cm³/mol. The molecule has 0 saturated carbocycles. The second kappa shape index (κ2) is 7.01. The molecule has 0 aliphatic carbocycles. The van der Waals surface area contributed by atoms with Gasteiger partial charge in [-0.3, -0.25) is 4.79 Å². The van der Waals surface area contributed by atoms with Crippen molar-refractivity contribution in [3.05, 3.63) is 40.9 Å². The van der Waals surface area contributed by atoms with Crippen LogP contribution in [0.25, 0.3) is 10.9 Å². The Morgan fingerprint density at radius 1 is 1.18 bits per heavy atom. The molecule has 2 aliphatic heterocycles. The van der Waals surface area contributed by atoms with Gasteiger partial charge in [-0.1, -0.05) is 0 Å². The largest absolute Gasteiger partial charge is 0.454 e. The van der Waals surface area contributed by atoms with Gasteiger partial charge in [0.15, 0.2) is 11.5 Å². The number of nitrogens with one attached hydrogen (secondary N) is 4. The average Bonchev–Trinajstić information content (AvgIpc) is 3.16. The standard InChI is InChI=1S/C19H20N6O3/c26-19-17-13(21-9-22-19)7-16(23-12-2-1-5-20-8-12)25-18(17)24-11-3-4-14-15(6-11)28-10-27-14/h3-4,6-7,9,12,20H,1-2,5,8,10H2,(H,21,22,26)(H2,23,24,25)/t12-/m0/s1. The topological polar surface area (TPSA) is 113 Å². The van der Waals surface area contributed by atoms with Gasteiger partial charge in [0, 0.05) is 30.4 Å². The summed E-state index contributed by atoms with van der Waals surface area (Å²) in [4.78, 5) is 24.0. The molecule has 1 saturated heterocycles. The predicted octanol–water partition coefficient (Wildman–Crippen LogP) is 1.95. The van der Waals surface area contributed by atoms with Crippen molar-refractivity contribution in [2.24, 2.45) is 0 Å². The van der Waals surface area contributed by atoms with Crippen molar-refractivity contribution in [3.8, 4) is 11.5 Å². The van der Waals surface area contributed by atoms with Crippen LogP contribution in [0.5, 0.6) is 11.5 Å². The van der Waals surface area contributed by atoms with Crippen molar-refractivity contribution in [3.63, 3.8) is 0 Å². The summed E-state index contributed by atoms with van der Waals surface area (Å²) in [6, 6.07) is 7.61. The molecular weight excluding hydrogens is 360 g/mol. The SMILES string of the molecule is O=c1[nH]cnc2cc(N[C@H]3CCCNC3)nc(Nc3ccc4c(c3)OCO4)c12. The number of rotatable bonds is 4. The zero-order chi connectivity index (χ0) is 18.9. The van der Waals surface area contributed by atoms with Crippen LogP contribution < -0.4 is 31.0 Å². The fraction of sp³-hybridized carbons (Fsp3) is 0.316. The number of pyridine rings is 1. The first kappa shape index (κ1) is 16.8. The van der Waals surface area contributed by atoms with E-state index in [1.54, 1.807) is 0 Å². The van der Waals surface area contributed by atoms with E-state index in [1.807, 2.05) is 24.3 Å². The van der Waals surface area contributed by atoms with Crippen molar-refractivity contribution < 1.29 is 9.47 Å². The van der Waals surface area contributed by atoms with Gasteiger partial charge < -0.3 is 30.4 Å². The van der Waals surface area contributed by atoms with E-state index in [2.05, 4.69) is 30.9 Å². The highest BCUT2D eigenvalue weighted by molar-refractivity contribution is 5.92. The maximum absolute atomic E-state index is 12.4. The minimum atomic E-state index is -0.244. The van der Waals surface area contributed by atoms with E-state index < -0.39 is 0 Å². The van der Waals surface area contributed by atoms with Crippen molar-refractivity contribution in [2.45, 2.75) is 18.9 Å². The van der Waals surface area contributed by atoms with Crippen molar-refractivity contribution in [2.75, 3.05) is 30.5 Å². The summed E-state index contributed by atoms with van der Waals surface area (Å²) in [5, 5.41) is 10.5. The maximum atomic E-state index is 12.4. The van der Waals surface area contributed by atoms with Gasteiger partial charge in [0.1, 0.15) is 17.0 Å². The third-order valence-corrected chi connectivity index (χ3v) is 4.91. The van der Waals surface area contributed by atoms with Crippen LogP contribution in [0.15, 0.2) is 35.4 Å². The molecule has 1 atom stereocenters. The zero-order valence-corrected chi connectivity index (χ0v) is 15.1. The van der Waals surface area contributed by atoms with Crippen LogP contribution in [0.2, 0.25) is 0 Å². The second-order valence-electron chi connectivity index (χ2n) is 6.86. The molecule has 0 bridgehead atoms. The summed E-state index contributed by atoms with van der Waals surface area (Å²) in [5.74, 6) is 2.48. The van der Waals surface area contributed by atoms with Crippen molar-refractivity contribution in [1.82, 2.24) is 20.3 Å². The van der Waals surface area contributed by atoms with Crippen molar-refractivity contribution in [1.29, 1.82) is 0 Å². The Hall–Kier alpha value is -3.33. The Labute approximate surface area is 160 Å². The number of fused-ring (bicyclic) bond motifs is 2. The molecule has 3 aromatic rings. The van der Waals surface area contributed by atoms with Gasteiger partial charge >= 0.3 is 0 Å². The third kappa shape index (κ3) is 3.20. The van der Waals surface area contributed by atoms with Gasteiger partial charge in [0.25, 0.3) is 5.56 Å².